The highest BCUT2D eigenvalue weighted by molar-refractivity contribution is 7.46. The Hall–Kier alpha value is -1.81. The number of hydrogen-bond donors (Lipinski definition) is 4. The van der Waals surface area contributed by atoms with Crippen molar-refractivity contribution in [3.63, 3.8) is 0 Å². The molecule has 0 rings (SSSR count). The maximum absolute atomic E-state index is 12.4. The van der Waals surface area contributed by atoms with Crippen LogP contribution in [0.15, 0.2) is 36.5 Å². The summed E-state index contributed by atoms with van der Waals surface area (Å²) in [5, 5.41) is 20.3. The van der Waals surface area contributed by atoms with E-state index in [0.717, 1.165) is 83.5 Å². The van der Waals surface area contributed by atoms with Crippen LogP contribution in [0.2, 0.25) is 0 Å². The van der Waals surface area contributed by atoms with Gasteiger partial charge in [0.1, 0.15) is 6.61 Å². The van der Waals surface area contributed by atoms with Gasteiger partial charge in [0.2, 0.25) is 0 Å². The first-order valence-corrected chi connectivity index (χ1v) is 21.5. The van der Waals surface area contributed by atoms with Gasteiger partial charge < -0.3 is 29.5 Å². The highest BCUT2D eigenvalue weighted by Crippen LogP contribution is 2.36. The Labute approximate surface area is 309 Å². The SMILES string of the molecule is CCCCC/C=C\C/C=C\CCCCCCCCC(=O)O[C@H](COC(=O)CCCCCCC[C@@H](O)[C@H](O)C/C=C\CCCCC)COP(=O)(O)O. The first-order chi connectivity index (χ1) is 24.6. The van der Waals surface area contributed by atoms with Gasteiger partial charge in [-0.3, -0.25) is 14.1 Å². The molecule has 0 heterocycles. The molecule has 298 valence electrons. The molecule has 0 spiro atoms. The van der Waals surface area contributed by atoms with Gasteiger partial charge in [-0.1, -0.05) is 127 Å². The van der Waals surface area contributed by atoms with Crippen LogP contribution in [0.25, 0.3) is 0 Å². The molecule has 0 aliphatic heterocycles. The van der Waals surface area contributed by atoms with Crippen LogP contribution >= 0.6 is 7.82 Å². The van der Waals surface area contributed by atoms with E-state index in [1.54, 1.807) is 0 Å². The molecule has 0 radical (unpaired) electrons. The van der Waals surface area contributed by atoms with Gasteiger partial charge in [-0.05, 0) is 70.6 Å². The standard InChI is InChI=1S/C40H73O10P/c1-3-5-7-9-11-12-13-14-15-16-17-18-19-20-24-29-33-40(44)50-36(35-49-51(45,46)47)34-48-39(43)32-28-25-21-23-27-31-38(42)37(41)30-26-22-10-8-6-4-2/h11-12,14-15,22,26,36-38,41-42H,3-10,13,16-21,23-25,27-35H2,1-2H3,(H2,45,46,47)/b12-11-,15-14-,26-22-/t36-,37-,38-/m1/s1. The summed E-state index contributed by atoms with van der Waals surface area (Å²) in [6.45, 7) is 3.45. The number of aliphatic hydroxyl groups is 2. The van der Waals surface area contributed by atoms with E-state index in [1.165, 1.54) is 38.5 Å². The summed E-state index contributed by atoms with van der Waals surface area (Å²) < 4.78 is 26.3. The fourth-order valence-electron chi connectivity index (χ4n) is 5.43. The van der Waals surface area contributed by atoms with Crippen molar-refractivity contribution in [1.82, 2.24) is 0 Å². The molecule has 0 aromatic rings. The second kappa shape index (κ2) is 35.2. The van der Waals surface area contributed by atoms with Gasteiger partial charge in [-0.2, -0.15) is 0 Å². The van der Waals surface area contributed by atoms with Crippen molar-refractivity contribution in [2.75, 3.05) is 13.2 Å². The molecule has 0 saturated heterocycles. The third-order valence-electron chi connectivity index (χ3n) is 8.58. The highest BCUT2D eigenvalue weighted by atomic mass is 31.2. The molecule has 3 atom stereocenters. The first-order valence-electron chi connectivity index (χ1n) is 19.9. The second-order valence-corrected chi connectivity index (χ2v) is 14.8. The molecule has 10 nitrogen and oxygen atoms in total. The largest absolute Gasteiger partial charge is 0.469 e. The molecule has 0 amide bonds. The number of aliphatic hydroxyl groups excluding tert-OH is 2. The average molecular weight is 745 g/mol. The van der Waals surface area contributed by atoms with E-state index in [4.69, 9.17) is 19.3 Å². The molecule has 0 unspecified atom stereocenters. The van der Waals surface area contributed by atoms with Crippen LogP contribution in [0.3, 0.4) is 0 Å². The van der Waals surface area contributed by atoms with E-state index in [-0.39, 0.29) is 19.4 Å². The van der Waals surface area contributed by atoms with Crippen molar-refractivity contribution in [2.45, 2.75) is 193 Å². The first kappa shape index (κ1) is 49.2. The lowest BCUT2D eigenvalue weighted by molar-refractivity contribution is -0.161. The predicted octanol–water partition coefficient (Wildman–Crippen LogP) is 9.73. The highest BCUT2D eigenvalue weighted by Gasteiger charge is 2.23. The van der Waals surface area contributed by atoms with Gasteiger partial charge in [0.25, 0.3) is 0 Å². The minimum atomic E-state index is -4.79. The van der Waals surface area contributed by atoms with E-state index in [9.17, 15) is 24.4 Å². The Balaban J connectivity index is 4.09. The zero-order valence-corrected chi connectivity index (χ0v) is 32.9. The lowest BCUT2D eigenvalue weighted by Crippen LogP contribution is -2.29. The number of ether oxygens (including phenoxy) is 2. The number of carbonyl (C=O) groups is 2. The summed E-state index contributed by atoms with van der Waals surface area (Å²) in [6.07, 6.45) is 33.1. The summed E-state index contributed by atoms with van der Waals surface area (Å²) in [5.41, 5.74) is 0. The fraction of sp³-hybridized carbons (Fsp3) is 0.800. The smallest absolute Gasteiger partial charge is 0.462 e. The topological polar surface area (TPSA) is 160 Å². The van der Waals surface area contributed by atoms with Crippen molar-refractivity contribution in [3.05, 3.63) is 36.5 Å². The number of esters is 2. The number of phosphoric ester groups is 1. The van der Waals surface area contributed by atoms with E-state index in [0.29, 0.717) is 25.7 Å². The number of hydrogen-bond acceptors (Lipinski definition) is 8. The van der Waals surface area contributed by atoms with E-state index in [1.807, 2.05) is 6.08 Å². The summed E-state index contributed by atoms with van der Waals surface area (Å²) in [6, 6.07) is 0. The van der Waals surface area contributed by atoms with Crippen LogP contribution in [0, 0.1) is 0 Å². The Morgan fingerprint density at radius 1 is 0.588 bits per heavy atom. The Bertz CT molecular complexity index is 961. The molecule has 0 saturated carbocycles. The Morgan fingerprint density at radius 3 is 1.65 bits per heavy atom. The van der Waals surface area contributed by atoms with Gasteiger partial charge in [-0.15, -0.1) is 0 Å². The predicted molar refractivity (Wildman–Crippen MR) is 205 cm³/mol. The molecule has 51 heavy (non-hydrogen) atoms. The fourth-order valence-corrected chi connectivity index (χ4v) is 5.79. The Morgan fingerprint density at radius 2 is 1.08 bits per heavy atom. The van der Waals surface area contributed by atoms with Crippen molar-refractivity contribution in [3.8, 4) is 0 Å². The molecule has 0 bridgehead atoms. The van der Waals surface area contributed by atoms with Crippen LogP contribution in [0.5, 0.6) is 0 Å². The summed E-state index contributed by atoms with van der Waals surface area (Å²) in [7, 11) is -4.79. The molecular formula is C40H73O10P. The van der Waals surface area contributed by atoms with Crippen LogP contribution in [0.1, 0.15) is 174 Å². The monoisotopic (exact) mass is 744 g/mol. The average Bonchev–Trinajstić information content (AvgIpc) is 3.09. The maximum atomic E-state index is 12.4. The van der Waals surface area contributed by atoms with Gasteiger partial charge in [-0.25, -0.2) is 4.57 Å². The third kappa shape index (κ3) is 36.3. The van der Waals surface area contributed by atoms with E-state index in [2.05, 4.69) is 48.8 Å². The summed E-state index contributed by atoms with van der Waals surface area (Å²) >= 11 is 0. The van der Waals surface area contributed by atoms with Crippen LogP contribution < -0.4 is 0 Å². The lowest BCUT2D eigenvalue weighted by atomic mass is 10.0. The molecule has 0 aliphatic carbocycles. The molecule has 4 N–H and O–H groups in total. The van der Waals surface area contributed by atoms with Crippen molar-refractivity contribution in [1.29, 1.82) is 0 Å². The zero-order chi connectivity index (χ0) is 37.8. The van der Waals surface area contributed by atoms with Crippen molar-refractivity contribution >= 4 is 19.8 Å². The Kier molecular flexibility index (Phi) is 34.0. The van der Waals surface area contributed by atoms with Gasteiger partial charge in [0.05, 0.1) is 18.8 Å². The molecule has 0 fully saturated rings. The number of unbranched alkanes of at least 4 members (excludes halogenated alkanes) is 16. The van der Waals surface area contributed by atoms with Gasteiger partial charge in [0.15, 0.2) is 6.10 Å². The number of carbonyl (C=O) groups excluding carboxylic acids is 2. The molecule has 0 aromatic heterocycles. The molecule has 0 aliphatic rings. The molecule has 11 heteroatoms. The molecule has 0 aromatic carbocycles. The minimum Gasteiger partial charge on any atom is -0.462 e. The minimum absolute atomic E-state index is 0.165. The van der Waals surface area contributed by atoms with Crippen LogP contribution in [-0.2, 0) is 28.2 Å². The second-order valence-electron chi connectivity index (χ2n) is 13.6. The van der Waals surface area contributed by atoms with Gasteiger partial charge in [0, 0.05) is 12.8 Å². The maximum Gasteiger partial charge on any atom is 0.469 e. The zero-order valence-electron chi connectivity index (χ0n) is 32.0. The van der Waals surface area contributed by atoms with Crippen LogP contribution in [-0.4, -0.2) is 63.5 Å². The summed E-state index contributed by atoms with van der Waals surface area (Å²) in [5.74, 6) is -1.01. The normalized spacial score (nSPS) is 14.1. The van der Waals surface area contributed by atoms with Crippen molar-refractivity contribution in [2.24, 2.45) is 0 Å². The van der Waals surface area contributed by atoms with Crippen molar-refractivity contribution < 1.29 is 48.2 Å². The number of allylic oxidation sites excluding steroid dienone is 5. The van der Waals surface area contributed by atoms with Crippen LogP contribution in [0.4, 0.5) is 0 Å². The van der Waals surface area contributed by atoms with Gasteiger partial charge >= 0.3 is 19.8 Å². The lowest BCUT2D eigenvalue weighted by Gasteiger charge is -2.18. The van der Waals surface area contributed by atoms with E-state index >= 15 is 0 Å². The molecular weight excluding hydrogens is 671 g/mol. The van der Waals surface area contributed by atoms with E-state index < -0.39 is 44.7 Å². The third-order valence-corrected chi connectivity index (χ3v) is 9.07. The quantitative estimate of drug-likeness (QED) is 0.0210. The summed E-state index contributed by atoms with van der Waals surface area (Å²) in [4.78, 5) is 42.8. The number of phosphoric acid groups is 1. The number of rotatable bonds is 36.